The summed E-state index contributed by atoms with van der Waals surface area (Å²) < 4.78 is 28.0. The molecule has 2 aromatic carbocycles. The first-order valence-corrected chi connectivity index (χ1v) is 7.24. The molecule has 0 spiro atoms. The molecule has 0 heterocycles. The van der Waals surface area contributed by atoms with Gasteiger partial charge < -0.3 is 5.32 Å². The lowest BCUT2D eigenvalue weighted by molar-refractivity contribution is 0.586. The van der Waals surface area contributed by atoms with Crippen LogP contribution in [0, 0.1) is 18.6 Å². The van der Waals surface area contributed by atoms with E-state index in [1.54, 1.807) is 19.1 Å². The molecule has 21 heavy (non-hydrogen) atoms. The van der Waals surface area contributed by atoms with Gasteiger partial charge in [-0.05, 0) is 47.9 Å². The molecule has 0 amide bonds. The standard InChI is InChI=1S/C17H18ClF2N/c1-10(2)21-9-12-4-5-13(18)7-14(12)15-8-16(19)11(3)6-17(15)20/h4-8,10,21H,9H2,1-3H3. The zero-order valence-corrected chi connectivity index (χ0v) is 13.1. The van der Waals surface area contributed by atoms with Crippen molar-refractivity contribution in [2.75, 3.05) is 0 Å². The van der Waals surface area contributed by atoms with Crippen LogP contribution in [0.25, 0.3) is 11.1 Å². The largest absolute Gasteiger partial charge is 0.310 e. The van der Waals surface area contributed by atoms with Crippen molar-refractivity contribution in [2.24, 2.45) is 0 Å². The highest BCUT2D eigenvalue weighted by Crippen LogP contribution is 2.31. The SMILES string of the molecule is Cc1cc(F)c(-c2cc(Cl)ccc2CNC(C)C)cc1F. The van der Waals surface area contributed by atoms with Gasteiger partial charge in [0.15, 0.2) is 0 Å². The van der Waals surface area contributed by atoms with E-state index < -0.39 is 11.6 Å². The minimum atomic E-state index is -0.443. The molecule has 0 saturated carbocycles. The normalized spacial score (nSPS) is 11.2. The maximum absolute atomic E-state index is 14.2. The van der Waals surface area contributed by atoms with Gasteiger partial charge in [-0.3, -0.25) is 0 Å². The number of nitrogens with one attached hydrogen (secondary N) is 1. The molecule has 0 radical (unpaired) electrons. The molecule has 4 heteroatoms. The number of benzene rings is 2. The predicted octanol–water partition coefficient (Wildman–Crippen LogP) is 5.09. The van der Waals surface area contributed by atoms with Crippen LogP contribution in [-0.4, -0.2) is 6.04 Å². The summed E-state index contributed by atoms with van der Waals surface area (Å²) >= 11 is 6.02. The van der Waals surface area contributed by atoms with Crippen LogP contribution in [0.1, 0.15) is 25.0 Å². The van der Waals surface area contributed by atoms with Crippen LogP contribution in [-0.2, 0) is 6.54 Å². The molecule has 0 aliphatic heterocycles. The summed E-state index contributed by atoms with van der Waals surface area (Å²) in [7, 11) is 0. The van der Waals surface area contributed by atoms with Gasteiger partial charge in [-0.15, -0.1) is 0 Å². The zero-order chi connectivity index (χ0) is 15.6. The van der Waals surface area contributed by atoms with Gasteiger partial charge in [0, 0.05) is 23.2 Å². The van der Waals surface area contributed by atoms with Crippen molar-refractivity contribution in [2.45, 2.75) is 33.4 Å². The third-order valence-corrected chi connectivity index (χ3v) is 3.55. The molecule has 2 aromatic rings. The number of rotatable bonds is 4. The molecule has 0 atom stereocenters. The Labute approximate surface area is 128 Å². The summed E-state index contributed by atoms with van der Waals surface area (Å²) in [5.74, 6) is -0.865. The van der Waals surface area contributed by atoms with Crippen LogP contribution in [0.5, 0.6) is 0 Å². The lowest BCUT2D eigenvalue weighted by Gasteiger charge is -2.14. The summed E-state index contributed by atoms with van der Waals surface area (Å²) in [5.41, 5.74) is 2.03. The number of aryl methyl sites for hydroxylation is 1. The van der Waals surface area contributed by atoms with E-state index in [2.05, 4.69) is 5.32 Å². The fraction of sp³-hybridized carbons (Fsp3) is 0.294. The Kier molecular flexibility index (Phi) is 4.96. The summed E-state index contributed by atoms with van der Waals surface area (Å²) in [6, 6.07) is 8.01. The fourth-order valence-electron chi connectivity index (χ4n) is 2.12. The Hall–Kier alpha value is -1.45. The molecule has 0 fully saturated rings. The average molecular weight is 310 g/mol. The maximum atomic E-state index is 14.2. The molecular formula is C17H18ClF2N. The Morgan fingerprint density at radius 2 is 1.76 bits per heavy atom. The van der Waals surface area contributed by atoms with E-state index in [1.807, 2.05) is 19.9 Å². The second-order valence-corrected chi connectivity index (χ2v) is 5.85. The first-order valence-electron chi connectivity index (χ1n) is 6.86. The summed E-state index contributed by atoms with van der Waals surface area (Å²) in [6.45, 7) is 6.17. The molecule has 0 unspecified atom stereocenters. The average Bonchev–Trinajstić information content (AvgIpc) is 2.41. The van der Waals surface area contributed by atoms with Gasteiger partial charge in [-0.2, -0.15) is 0 Å². The van der Waals surface area contributed by atoms with Crippen LogP contribution in [0.3, 0.4) is 0 Å². The molecule has 2 rings (SSSR count). The molecule has 1 N–H and O–H groups in total. The molecule has 112 valence electrons. The van der Waals surface area contributed by atoms with E-state index in [0.717, 1.165) is 5.56 Å². The van der Waals surface area contributed by atoms with Gasteiger partial charge in [-0.25, -0.2) is 8.78 Å². The summed E-state index contributed by atoms with van der Waals surface area (Å²) in [6.07, 6.45) is 0. The van der Waals surface area contributed by atoms with Crippen molar-refractivity contribution >= 4 is 11.6 Å². The van der Waals surface area contributed by atoms with Gasteiger partial charge >= 0.3 is 0 Å². The lowest BCUT2D eigenvalue weighted by Crippen LogP contribution is -2.22. The quantitative estimate of drug-likeness (QED) is 0.829. The highest BCUT2D eigenvalue weighted by Gasteiger charge is 2.13. The first kappa shape index (κ1) is 15.9. The van der Waals surface area contributed by atoms with E-state index in [9.17, 15) is 8.78 Å². The molecule has 0 aliphatic carbocycles. The lowest BCUT2D eigenvalue weighted by atomic mass is 9.97. The number of halogens is 3. The van der Waals surface area contributed by atoms with Crippen LogP contribution in [0.15, 0.2) is 30.3 Å². The maximum Gasteiger partial charge on any atom is 0.131 e. The Morgan fingerprint density at radius 3 is 2.43 bits per heavy atom. The molecular weight excluding hydrogens is 292 g/mol. The topological polar surface area (TPSA) is 12.0 Å². The second-order valence-electron chi connectivity index (χ2n) is 5.42. The Bertz CT molecular complexity index is 653. The van der Waals surface area contributed by atoms with E-state index >= 15 is 0 Å². The third kappa shape index (κ3) is 3.80. The smallest absolute Gasteiger partial charge is 0.131 e. The van der Waals surface area contributed by atoms with Crippen LogP contribution in [0.4, 0.5) is 8.78 Å². The van der Waals surface area contributed by atoms with Crippen LogP contribution >= 0.6 is 11.6 Å². The summed E-state index contributed by atoms with van der Waals surface area (Å²) in [4.78, 5) is 0. The van der Waals surface area contributed by atoms with E-state index in [-0.39, 0.29) is 5.56 Å². The van der Waals surface area contributed by atoms with Crippen molar-refractivity contribution in [3.63, 3.8) is 0 Å². The highest BCUT2D eigenvalue weighted by atomic mass is 35.5. The number of hydrogen-bond donors (Lipinski definition) is 1. The fourth-order valence-corrected chi connectivity index (χ4v) is 2.29. The first-order chi connectivity index (χ1) is 9.88. The number of hydrogen-bond acceptors (Lipinski definition) is 1. The van der Waals surface area contributed by atoms with Crippen molar-refractivity contribution in [3.05, 3.63) is 58.1 Å². The summed E-state index contributed by atoms with van der Waals surface area (Å²) in [5, 5.41) is 3.78. The molecule has 1 nitrogen and oxygen atoms in total. The molecule has 0 saturated heterocycles. The van der Waals surface area contributed by atoms with Gasteiger partial charge in [0.2, 0.25) is 0 Å². The Balaban J connectivity index is 2.51. The predicted molar refractivity (Wildman–Crippen MR) is 83.5 cm³/mol. The molecule has 0 aliphatic rings. The van der Waals surface area contributed by atoms with Crippen molar-refractivity contribution in [1.82, 2.24) is 5.32 Å². The van der Waals surface area contributed by atoms with E-state index in [1.165, 1.54) is 12.1 Å². The van der Waals surface area contributed by atoms with Crippen molar-refractivity contribution < 1.29 is 8.78 Å². The zero-order valence-electron chi connectivity index (χ0n) is 12.3. The second kappa shape index (κ2) is 6.54. The molecule has 0 bridgehead atoms. The van der Waals surface area contributed by atoms with Gasteiger partial charge in [0.05, 0.1) is 0 Å². The minimum absolute atomic E-state index is 0.237. The van der Waals surface area contributed by atoms with Gasteiger partial charge in [-0.1, -0.05) is 31.5 Å². The third-order valence-electron chi connectivity index (χ3n) is 3.31. The van der Waals surface area contributed by atoms with Crippen LogP contribution < -0.4 is 5.32 Å². The van der Waals surface area contributed by atoms with E-state index in [4.69, 9.17) is 11.6 Å². The highest BCUT2D eigenvalue weighted by molar-refractivity contribution is 6.30. The van der Waals surface area contributed by atoms with Crippen molar-refractivity contribution in [1.29, 1.82) is 0 Å². The Morgan fingerprint density at radius 1 is 1.05 bits per heavy atom. The monoisotopic (exact) mass is 309 g/mol. The van der Waals surface area contributed by atoms with Gasteiger partial charge in [0.1, 0.15) is 11.6 Å². The van der Waals surface area contributed by atoms with Crippen molar-refractivity contribution in [3.8, 4) is 11.1 Å². The van der Waals surface area contributed by atoms with Gasteiger partial charge in [0.25, 0.3) is 0 Å². The minimum Gasteiger partial charge on any atom is -0.310 e. The van der Waals surface area contributed by atoms with Crippen LogP contribution in [0.2, 0.25) is 5.02 Å². The molecule has 0 aromatic heterocycles. The van der Waals surface area contributed by atoms with E-state index in [0.29, 0.717) is 28.7 Å².